The molecule has 15 heavy (non-hydrogen) atoms. The van der Waals surface area contributed by atoms with E-state index in [2.05, 4.69) is 14.9 Å². The maximum absolute atomic E-state index is 11.3. The van der Waals surface area contributed by atoms with Gasteiger partial charge in [0.2, 0.25) is 15.9 Å². The zero-order valence-electron chi connectivity index (χ0n) is 8.43. The molecule has 0 aliphatic rings. The Morgan fingerprint density at radius 1 is 1.53 bits per heavy atom. The van der Waals surface area contributed by atoms with E-state index >= 15 is 0 Å². The minimum atomic E-state index is -3.29. The minimum Gasteiger partial charge on any atom is -0.338 e. The second kappa shape index (κ2) is 5.19. The van der Waals surface area contributed by atoms with E-state index in [0.29, 0.717) is 18.8 Å². The number of aryl methyl sites for hydroxylation is 1. The van der Waals surface area contributed by atoms with Gasteiger partial charge >= 0.3 is 0 Å². The summed E-state index contributed by atoms with van der Waals surface area (Å²) < 4.78 is 29.7. The summed E-state index contributed by atoms with van der Waals surface area (Å²) in [5.41, 5.74) is 5.21. The lowest BCUT2D eigenvalue weighted by Gasteiger charge is -2.02. The van der Waals surface area contributed by atoms with E-state index in [0.717, 1.165) is 0 Å². The van der Waals surface area contributed by atoms with Crippen LogP contribution in [0.4, 0.5) is 0 Å². The second-order valence-electron chi connectivity index (χ2n) is 3.02. The highest BCUT2D eigenvalue weighted by Crippen LogP contribution is 1.97. The number of nitrogens with two attached hydrogens (primary N) is 1. The van der Waals surface area contributed by atoms with Gasteiger partial charge in [0.1, 0.15) is 0 Å². The summed E-state index contributed by atoms with van der Waals surface area (Å²) in [6.45, 7) is 2.03. The standard InChI is InChI=1S/C7H14N4O3S/c1-6-10-7(14-11-6)5-9-15(12,13)4-2-3-8/h9H,2-5,8H2,1H3. The maximum atomic E-state index is 11.3. The van der Waals surface area contributed by atoms with Gasteiger partial charge in [0.15, 0.2) is 5.82 Å². The van der Waals surface area contributed by atoms with E-state index < -0.39 is 10.0 Å². The van der Waals surface area contributed by atoms with Crippen molar-refractivity contribution in [1.29, 1.82) is 0 Å². The summed E-state index contributed by atoms with van der Waals surface area (Å²) in [7, 11) is -3.29. The Morgan fingerprint density at radius 3 is 2.80 bits per heavy atom. The van der Waals surface area contributed by atoms with Gasteiger partial charge in [-0.1, -0.05) is 5.16 Å². The van der Waals surface area contributed by atoms with Crippen LogP contribution >= 0.6 is 0 Å². The van der Waals surface area contributed by atoms with Crippen LogP contribution in [0.2, 0.25) is 0 Å². The van der Waals surface area contributed by atoms with Crippen LogP contribution < -0.4 is 10.5 Å². The van der Waals surface area contributed by atoms with E-state index in [1.54, 1.807) is 6.92 Å². The number of hydrogen-bond acceptors (Lipinski definition) is 6. The predicted molar refractivity (Wildman–Crippen MR) is 53.3 cm³/mol. The van der Waals surface area contributed by atoms with Gasteiger partial charge in [0.05, 0.1) is 12.3 Å². The molecule has 0 aliphatic carbocycles. The van der Waals surface area contributed by atoms with Crippen LogP contribution in [0.15, 0.2) is 4.52 Å². The van der Waals surface area contributed by atoms with Gasteiger partial charge in [-0.05, 0) is 19.9 Å². The van der Waals surface area contributed by atoms with Crippen LogP contribution in [0.1, 0.15) is 18.1 Å². The number of rotatable bonds is 6. The van der Waals surface area contributed by atoms with Crippen molar-refractivity contribution in [2.24, 2.45) is 5.73 Å². The Labute approximate surface area is 88.1 Å². The Hall–Kier alpha value is -0.990. The molecule has 8 heteroatoms. The molecule has 0 atom stereocenters. The molecule has 7 nitrogen and oxygen atoms in total. The molecule has 0 spiro atoms. The zero-order valence-corrected chi connectivity index (χ0v) is 9.25. The average molecular weight is 234 g/mol. The molecule has 0 fully saturated rings. The lowest BCUT2D eigenvalue weighted by Crippen LogP contribution is -2.27. The molecule has 1 rings (SSSR count). The normalized spacial score (nSPS) is 11.9. The molecule has 1 aromatic rings. The Bertz CT molecular complexity index is 400. The molecule has 3 N–H and O–H groups in total. The molecular weight excluding hydrogens is 220 g/mol. The van der Waals surface area contributed by atoms with Crippen molar-refractivity contribution >= 4 is 10.0 Å². The minimum absolute atomic E-state index is 0.0105. The zero-order chi connectivity index (χ0) is 11.3. The molecular formula is C7H14N4O3S. The molecule has 0 saturated heterocycles. The monoisotopic (exact) mass is 234 g/mol. The fraction of sp³-hybridized carbons (Fsp3) is 0.714. The second-order valence-corrected chi connectivity index (χ2v) is 4.94. The smallest absolute Gasteiger partial charge is 0.241 e. The van der Waals surface area contributed by atoms with Crippen LogP contribution in [0, 0.1) is 6.92 Å². The number of aromatic nitrogens is 2. The van der Waals surface area contributed by atoms with Crippen molar-refractivity contribution in [2.45, 2.75) is 19.9 Å². The molecule has 0 aromatic carbocycles. The van der Waals surface area contributed by atoms with E-state index in [1.165, 1.54) is 0 Å². The molecule has 0 aliphatic heterocycles. The summed E-state index contributed by atoms with van der Waals surface area (Å²) in [6.07, 6.45) is 0.429. The van der Waals surface area contributed by atoms with E-state index in [1.807, 2.05) is 0 Å². The lowest BCUT2D eigenvalue weighted by atomic mass is 10.5. The molecule has 86 valence electrons. The highest BCUT2D eigenvalue weighted by atomic mass is 32.2. The number of nitrogens with zero attached hydrogens (tertiary/aromatic N) is 2. The third kappa shape index (κ3) is 4.36. The van der Waals surface area contributed by atoms with E-state index in [4.69, 9.17) is 10.3 Å². The first-order chi connectivity index (χ1) is 7.03. The Kier molecular flexibility index (Phi) is 4.18. The molecule has 0 radical (unpaired) electrons. The SMILES string of the molecule is Cc1noc(CNS(=O)(=O)CCCN)n1. The highest BCUT2D eigenvalue weighted by Gasteiger charge is 2.11. The van der Waals surface area contributed by atoms with Crippen molar-refractivity contribution in [3.8, 4) is 0 Å². The van der Waals surface area contributed by atoms with Crippen LogP contribution in [0.25, 0.3) is 0 Å². The summed E-state index contributed by atoms with van der Waals surface area (Å²) in [6, 6.07) is 0. The van der Waals surface area contributed by atoms with Crippen molar-refractivity contribution in [3.63, 3.8) is 0 Å². The number of hydrogen-bond donors (Lipinski definition) is 2. The van der Waals surface area contributed by atoms with Crippen molar-refractivity contribution < 1.29 is 12.9 Å². The van der Waals surface area contributed by atoms with Crippen LogP contribution in [-0.4, -0.2) is 30.9 Å². The van der Waals surface area contributed by atoms with Crippen LogP contribution in [0.3, 0.4) is 0 Å². The Balaban J connectivity index is 2.42. The van der Waals surface area contributed by atoms with Gasteiger partial charge in [-0.2, -0.15) is 4.98 Å². The molecule has 1 aromatic heterocycles. The van der Waals surface area contributed by atoms with Crippen molar-refractivity contribution in [2.75, 3.05) is 12.3 Å². The molecule has 0 bridgehead atoms. The maximum Gasteiger partial charge on any atom is 0.241 e. The molecule has 0 saturated carbocycles. The fourth-order valence-corrected chi connectivity index (χ4v) is 1.96. The largest absolute Gasteiger partial charge is 0.338 e. The topological polar surface area (TPSA) is 111 Å². The van der Waals surface area contributed by atoms with Gasteiger partial charge in [0.25, 0.3) is 0 Å². The predicted octanol–water partition coefficient (Wildman–Crippen LogP) is -0.854. The number of sulfonamides is 1. The van der Waals surface area contributed by atoms with Gasteiger partial charge in [-0.15, -0.1) is 0 Å². The molecule has 0 unspecified atom stereocenters. The number of nitrogens with one attached hydrogen (secondary N) is 1. The summed E-state index contributed by atoms with van der Waals surface area (Å²) in [5.74, 6) is 0.742. The summed E-state index contributed by atoms with van der Waals surface area (Å²) in [5, 5.41) is 3.54. The average Bonchev–Trinajstić information content (AvgIpc) is 2.59. The third-order valence-corrected chi connectivity index (χ3v) is 3.04. The lowest BCUT2D eigenvalue weighted by molar-refractivity contribution is 0.372. The highest BCUT2D eigenvalue weighted by molar-refractivity contribution is 7.89. The van der Waals surface area contributed by atoms with E-state index in [-0.39, 0.29) is 18.2 Å². The van der Waals surface area contributed by atoms with Crippen LogP contribution in [0.5, 0.6) is 0 Å². The van der Waals surface area contributed by atoms with Gasteiger partial charge in [-0.3, -0.25) is 0 Å². The van der Waals surface area contributed by atoms with Gasteiger partial charge in [0, 0.05) is 0 Å². The van der Waals surface area contributed by atoms with Crippen molar-refractivity contribution in [3.05, 3.63) is 11.7 Å². The molecule has 0 amide bonds. The quantitative estimate of drug-likeness (QED) is 0.663. The van der Waals surface area contributed by atoms with Crippen LogP contribution in [-0.2, 0) is 16.6 Å². The third-order valence-electron chi connectivity index (χ3n) is 1.63. The van der Waals surface area contributed by atoms with E-state index in [9.17, 15) is 8.42 Å². The Morgan fingerprint density at radius 2 is 2.27 bits per heavy atom. The first kappa shape index (κ1) is 12.1. The first-order valence-corrected chi connectivity index (χ1v) is 6.15. The fourth-order valence-electron chi connectivity index (χ4n) is 0.929. The molecule has 1 heterocycles. The summed E-state index contributed by atoms with van der Waals surface area (Å²) in [4.78, 5) is 3.86. The first-order valence-electron chi connectivity index (χ1n) is 4.50. The van der Waals surface area contributed by atoms with Gasteiger partial charge < -0.3 is 10.3 Å². The van der Waals surface area contributed by atoms with Crippen molar-refractivity contribution in [1.82, 2.24) is 14.9 Å². The summed E-state index contributed by atoms with van der Waals surface area (Å²) >= 11 is 0. The van der Waals surface area contributed by atoms with Gasteiger partial charge in [-0.25, -0.2) is 13.1 Å².